The van der Waals surface area contributed by atoms with Gasteiger partial charge >= 0.3 is 0 Å². The Morgan fingerprint density at radius 2 is 1.33 bits per heavy atom. The van der Waals surface area contributed by atoms with Gasteiger partial charge in [0.15, 0.2) is 0 Å². The van der Waals surface area contributed by atoms with Crippen LogP contribution in [0.25, 0.3) is 0 Å². The van der Waals surface area contributed by atoms with Gasteiger partial charge in [0.1, 0.15) is 5.78 Å². The first-order valence-electron chi connectivity index (χ1n) is 7.65. The molecule has 0 aromatic heterocycles. The minimum Gasteiger partial charge on any atom is -0.298 e. The Hall–Kier alpha value is -0.850. The summed E-state index contributed by atoms with van der Waals surface area (Å²) >= 11 is 0. The second-order valence-electron chi connectivity index (χ2n) is 7.52. The molecule has 4 bridgehead atoms. The summed E-state index contributed by atoms with van der Waals surface area (Å²) in [5.74, 6) is 3.32. The van der Waals surface area contributed by atoms with Crippen molar-refractivity contribution >= 4 is 5.78 Å². The number of hydrogen-bond donors (Lipinski definition) is 0. The molecule has 0 radical (unpaired) electrons. The van der Waals surface area contributed by atoms with Gasteiger partial charge in [-0.15, -0.1) is 0 Å². The van der Waals surface area contributed by atoms with Gasteiger partial charge in [-0.3, -0.25) is 4.79 Å². The smallest absolute Gasteiger partial charge is 0.146 e. The fourth-order valence-corrected chi connectivity index (χ4v) is 6.18. The fraction of sp³-hybridized carbons (Fsp3) is 0.706. The molecular weight excluding hydrogens is 220 g/mol. The van der Waals surface area contributed by atoms with Crippen LogP contribution in [0.5, 0.6) is 0 Å². The zero-order valence-corrected chi connectivity index (χ0v) is 10.8. The zero-order chi connectivity index (χ0) is 12.0. The Balaban J connectivity index is 1.58. The van der Waals surface area contributed by atoms with Crippen molar-refractivity contribution in [2.24, 2.45) is 34.5 Å². The summed E-state index contributed by atoms with van der Waals surface area (Å²) in [4.78, 5) is 13.3. The Bertz CT molecular complexity index is 458. The van der Waals surface area contributed by atoms with Crippen molar-refractivity contribution in [3.05, 3.63) is 24.3 Å². The highest BCUT2D eigenvalue weighted by molar-refractivity contribution is 5.94. The highest BCUT2D eigenvalue weighted by Gasteiger charge is 2.66. The summed E-state index contributed by atoms with van der Waals surface area (Å²) in [5.41, 5.74) is 0.162. The lowest BCUT2D eigenvalue weighted by Gasteiger charge is -2.35. The number of ketones is 1. The molecule has 1 nitrogen and oxygen atoms in total. The second-order valence-corrected chi connectivity index (χ2v) is 7.52. The van der Waals surface area contributed by atoms with Crippen LogP contribution in [-0.4, -0.2) is 5.78 Å². The number of fused-ring (bicyclic) bond motifs is 6. The molecule has 0 heterocycles. The number of allylic oxidation sites excluding steroid dienone is 4. The van der Waals surface area contributed by atoms with Crippen LogP contribution in [0.2, 0.25) is 0 Å². The molecule has 5 aliphatic carbocycles. The Morgan fingerprint density at radius 1 is 0.833 bits per heavy atom. The maximum absolute atomic E-state index is 13.3. The van der Waals surface area contributed by atoms with Crippen molar-refractivity contribution < 1.29 is 4.79 Å². The number of carbonyl (C=O) groups is 1. The largest absolute Gasteiger partial charge is 0.298 e. The van der Waals surface area contributed by atoms with Gasteiger partial charge in [-0.25, -0.2) is 0 Å². The van der Waals surface area contributed by atoms with Gasteiger partial charge in [0.05, 0.1) is 0 Å². The molecule has 1 heteroatoms. The Morgan fingerprint density at radius 3 is 1.67 bits per heavy atom. The number of hydrogen-bond acceptors (Lipinski definition) is 1. The lowest BCUT2D eigenvalue weighted by Crippen LogP contribution is -2.40. The maximum atomic E-state index is 13.3. The van der Waals surface area contributed by atoms with Gasteiger partial charge in [-0.05, 0) is 62.2 Å². The third-order valence-electron chi connectivity index (χ3n) is 6.94. The van der Waals surface area contributed by atoms with E-state index in [9.17, 15) is 4.79 Å². The van der Waals surface area contributed by atoms with E-state index in [1.54, 1.807) is 0 Å². The predicted molar refractivity (Wildman–Crippen MR) is 69.8 cm³/mol. The van der Waals surface area contributed by atoms with E-state index in [1.165, 1.54) is 38.5 Å². The van der Waals surface area contributed by atoms with Gasteiger partial charge in [-0.2, -0.15) is 0 Å². The molecule has 0 aromatic carbocycles. The van der Waals surface area contributed by atoms with Crippen molar-refractivity contribution in [1.82, 2.24) is 0 Å². The standard InChI is InChI=1S/C17H20O/c18-15-16(9-11-1-3-13(16)7-11)5-6-17(15)10-12-2-4-14(17)8-12/h1-4,11-14H,5-10H2/t11-,12?,13-,14+,16+,17+/m0/s1. The monoisotopic (exact) mass is 240 g/mol. The highest BCUT2D eigenvalue weighted by atomic mass is 16.1. The van der Waals surface area contributed by atoms with Crippen LogP contribution in [0, 0.1) is 34.5 Å². The van der Waals surface area contributed by atoms with Gasteiger partial charge in [0.2, 0.25) is 0 Å². The first-order valence-corrected chi connectivity index (χ1v) is 7.65. The molecule has 5 aliphatic rings. The average molecular weight is 240 g/mol. The third-order valence-corrected chi connectivity index (χ3v) is 6.94. The van der Waals surface area contributed by atoms with Crippen LogP contribution in [0.15, 0.2) is 24.3 Å². The van der Waals surface area contributed by atoms with E-state index in [0.29, 0.717) is 17.6 Å². The molecule has 6 atom stereocenters. The number of rotatable bonds is 0. The first-order chi connectivity index (χ1) is 8.73. The van der Waals surface area contributed by atoms with Gasteiger partial charge in [-0.1, -0.05) is 24.3 Å². The lowest BCUT2D eigenvalue weighted by atomic mass is 9.66. The molecule has 0 saturated heterocycles. The van der Waals surface area contributed by atoms with Crippen molar-refractivity contribution in [2.75, 3.05) is 0 Å². The van der Waals surface area contributed by atoms with Crippen LogP contribution in [0.4, 0.5) is 0 Å². The SMILES string of the molecule is O=C1[C@]2(CC[C@]13C[C@H]1C=C[C@H]3C1)CC1C=C[C@@H]2C1. The van der Waals surface area contributed by atoms with E-state index in [0.717, 1.165) is 11.8 Å². The second kappa shape index (κ2) is 2.84. The van der Waals surface area contributed by atoms with Gasteiger partial charge < -0.3 is 0 Å². The molecular formula is C17H20O. The summed E-state index contributed by atoms with van der Waals surface area (Å²) in [6, 6.07) is 0. The number of Topliss-reactive ketones (excluding diaryl/α,β-unsaturated/α-hetero) is 1. The summed E-state index contributed by atoms with van der Waals surface area (Å²) in [6.45, 7) is 0. The topological polar surface area (TPSA) is 17.1 Å². The quantitative estimate of drug-likeness (QED) is 0.592. The van der Waals surface area contributed by atoms with Gasteiger partial charge in [0.25, 0.3) is 0 Å². The molecule has 2 spiro atoms. The maximum Gasteiger partial charge on any atom is 0.146 e. The van der Waals surface area contributed by atoms with Crippen LogP contribution in [0.1, 0.15) is 38.5 Å². The molecule has 3 saturated carbocycles. The van der Waals surface area contributed by atoms with Crippen molar-refractivity contribution in [3.63, 3.8) is 0 Å². The van der Waals surface area contributed by atoms with E-state index in [4.69, 9.17) is 0 Å². The van der Waals surface area contributed by atoms with Crippen LogP contribution >= 0.6 is 0 Å². The van der Waals surface area contributed by atoms with Crippen LogP contribution in [-0.2, 0) is 4.79 Å². The molecule has 18 heavy (non-hydrogen) atoms. The van der Waals surface area contributed by atoms with E-state index in [-0.39, 0.29) is 10.8 Å². The van der Waals surface area contributed by atoms with E-state index < -0.39 is 0 Å². The summed E-state index contributed by atoms with van der Waals surface area (Å²) in [6.07, 6.45) is 16.7. The Kier molecular flexibility index (Phi) is 1.58. The molecule has 94 valence electrons. The van der Waals surface area contributed by atoms with Crippen molar-refractivity contribution in [3.8, 4) is 0 Å². The van der Waals surface area contributed by atoms with Crippen molar-refractivity contribution in [1.29, 1.82) is 0 Å². The first kappa shape index (κ1) is 10.00. The zero-order valence-electron chi connectivity index (χ0n) is 10.8. The fourth-order valence-electron chi connectivity index (χ4n) is 6.18. The third kappa shape index (κ3) is 0.897. The molecule has 0 N–H and O–H groups in total. The van der Waals surface area contributed by atoms with E-state index in [2.05, 4.69) is 24.3 Å². The minimum atomic E-state index is 0.0811. The van der Waals surface area contributed by atoms with Crippen LogP contribution in [0.3, 0.4) is 0 Å². The molecule has 0 aromatic rings. The molecule has 0 amide bonds. The van der Waals surface area contributed by atoms with Gasteiger partial charge in [0, 0.05) is 10.8 Å². The molecule has 5 rings (SSSR count). The molecule has 0 aliphatic heterocycles. The lowest BCUT2D eigenvalue weighted by molar-refractivity contribution is -0.136. The molecule has 1 unspecified atom stereocenters. The summed E-state index contributed by atoms with van der Waals surface area (Å²) in [5, 5.41) is 0. The van der Waals surface area contributed by atoms with Crippen LogP contribution < -0.4 is 0 Å². The Labute approximate surface area is 108 Å². The normalized spacial score (nSPS) is 59.0. The van der Waals surface area contributed by atoms with E-state index >= 15 is 0 Å². The summed E-state index contributed by atoms with van der Waals surface area (Å²) in [7, 11) is 0. The summed E-state index contributed by atoms with van der Waals surface area (Å²) < 4.78 is 0. The number of carbonyl (C=O) groups excluding carboxylic acids is 1. The highest BCUT2D eigenvalue weighted by Crippen LogP contribution is 2.68. The van der Waals surface area contributed by atoms with E-state index in [1.807, 2.05) is 0 Å². The van der Waals surface area contributed by atoms with Crippen molar-refractivity contribution in [2.45, 2.75) is 38.5 Å². The minimum absolute atomic E-state index is 0.0811. The predicted octanol–water partition coefficient (Wildman–Crippen LogP) is 3.51. The molecule has 3 fully saturated rings. The average Bonchev–Trinajstić information content (AvgIpc) is 3.14.